The Bertz CT molecular complexity index is 390. The van der Waals surface area contributed by atoms with Gasteiger partial charge in [0, 0.05) is 13.6 Å². The second-order valence-corrected chi connectivity index (χ2v) is 4.17. The summed E-state index contributed by atoms with van der Waals surface area (Å²) >= 11 is 0. The monoisotopic (exact) mass is 237 g/mol. The van der Waals surface area contributed by atoms with Crippen molar-refractivity contribution in [1.29, 1.82) is 0 Å². The van der Waals surface area contributed by atoms with E-state index in [2.05, 4.69) is 6.92 Å². The molecule has 0 atom stereocenters. The first-order valence-corrected chi connectivity index (χ1v) is 5.79. The number of nitrogens with zero attached hydrogens (tertiary/aromatic N) is 1. The molecule has 0 unspecified atom stereocenters. The standard InChI is InChI=1S/C13H19NO3/c1-3-4-7-14(2)13(17)9-10-5-6-11(15)12(16)8-10/h5-6,8,15-16H,3-4,7,9H2,1-2H3. The number of carbonyl (C=O) groups excluding carboxylic acids is 1. The number of benzene rings is 1. The minimum absolute atomic E-state index is 0.0172. The fourth-order valence-electron chi connectivity index (χ4n) is 1.51. The van der Waals surface area contributed by atoms with Crippen LogP contribution in [0.5, 0.6) is 11.5 Å². The lowest BCUT2D eigenvalue weighted by Crippen LogP contribution is -2.29. The maximum atomic E-state index is 11.8. The van der Waals surface area contributed by atoms with Gasteiger partial charge in [-0.15, -0.1) is 0 Å². The Labute approximate surface area is 101 Å². The number of rotatable bonds is 5. The van der Waals surface area contributed by atoms with E-state index < -0.39 is 0 Å². The molecule has 1 amide bonds. The summed E-state index contributed by atoms with van der Waals surface area (Å²) in [4.78, 5) is 13.5. The van der Waals surface area contributed by atoms with Gasteiger partial charge >= 0.3 is 0 Å². The average Bonchev–Trinajstić information content (AvgIpc) is 2.30. The summed E-state index contributed by atoms with van der Waals surface area (Å²) < 4.78 is 0. The summed E-state index contributed by atoms with van der Waals surface area (Å²) in [5.41, 5.74) is 0.702. The molecule has 0 aliphatic carbocycles. The van der Waals surface area contributed by atoms with Gasteiger partial charge in [0.15, 0.2) is 11.5 Å². The molecule has 4 nitrogen and oxygen atoms in total. The van der Waals surface area contributed by atoms with Crippen LogP contribution in [0, 0.1) is 0 Å². The second-order valence-electron chi connectivity index (χ2n) is 4.17. The van der Waals surface area contributed by atoms with Crippen molar-refractivity contribution in [2.24, 2.45) is 0 Å². The van der Waals surface area contributed by atoms with E-state index in [1.807, 2.05) is 0 Å². The second kappa shape index (κ2) is 6.13. The normalized spacial score (nSPS) is 10.2. The summed E-state index contributed by atoms with van der Waals surface area (Å²) in [6, 6.07) is 4.45. The van der Waals surface area contributed by atoms with E-state index >= 15 is 0 Å². The van der Waals surface area contributed by atoms with Crippen molar-refractivity contribution in [3.63, 3.8) is 0 Å². The minimum Gasteiger partial charge on any atom is -0.504 e. The van der Waals surface area contributed by atoms with Crippen LogP contribution in [0.25, 0.3) is 0 Å². The topological polar surface area (TPSA) is 60.8 Å². The van der Waals surface area contributed by atoms with Gasteiger partial charge in [0.1, 0.15) is 0 Å². The lowest BCUT2D eigenvalue weighted by atomic mass is 10.1. The van der Waals surface area contributed by atoms with Gasteiger partial charge in [0.2, 0.25) is 5.91 Å². The first-order valence-electron chi connectivity index (χ1n) is 5.79. The minimum atomic E-state index is -0.188. The maximum absolute atomic E-state index is 11.8. The highest BCUT2D eigenvalue weighted by atomic mass is 16.3. The smallest absolute Gasteiger partial charge is 0.226 e. The SMILES string of the molecule is CCCCN(C)C(=O)Cc1ccc(O)c(O)c1. The zero-order chi connectivity index (χ0) is 12.8. The Kier molecular flexibility index (Phi) is 4.82. The molecule has 0 heterocycles. The van der Waals surface area contributed by atoms with Crippen molar-refractivity contribution in [1.82, 2.24) is 4.90 Å². The summed E-state index contributed by atoms with van der Waals surface area (Å²) in [6.07, 6.45) is 2.29. The van der Waals surface area contributed by atoms with Gasteiger partial charge in [-0.1, -0.05) is 19.4 Å². The molecular weight excluding hydrogens is 218 g/mol. The van der Waals surface area contributed by atoms with Gasteiger partial charge in [-0.2, -0.15) is 0 Å². The van der Waals surface area contributed by atoms with Crippen molar-refractivity contribution < 1.29 is 15.0 Å². The maximum Gasteiger partial charge on any atom is 0.226 e. The Hall–Kier alpha value is -1.71. The molecule has 1 aromatic carbocycles. The van der Waals surface area contributed by atoms with Crippen LogP contribution in [0.15, 0.2) is 18.2 Å². The van der Waals surface area contributed by atoms with Crippen LogP contribution in [0.4, 0.5) is 0 Å². The molecule has 1 rings (SSSR count). The quantitative estimate of drug-likeness (QED) is 0.769. The van der Waals surface area contributed by atoms with Gasteiger partial charge in [0.25, 0.3) is 0 Å². The fourth-order valence-corrected chi connectivity index (χ4v) is 1.51. The highest BCUT2D eigenvalue weighted by molar-refractivity contribution is 5.78. The number of amides is 1. The van der Waals surface area contributed by atoms with Crippen LogP contribution in [-0.2, 0) is 11.2 Å². The summed E-state index contributed by atoms with van der Waals surface area (Å²) in [5, 5.41) is 18.5. The number of likely N-dealkylation sites (N-methyl/N-ethyl adjacent to an activating group) is 1. The van der Waals surface area contributed by atoms with E-state index in [9.17, 15) is 9.90 Å². The van der Waals surface area contributed by atoms with Crippen molar-refractivity contribution >= 4 is 5.91 Å². The van der Waals surface area contributed by atoms with Crippen LogP contribution in [-0.4, -0.2) is 34.6 Å². The summed E-state index contributed by atoms with van der Waals surface area (Å²) in [7, 11) is 1.78. The number of phenolic OH excluding ortho intramolecular Hbond substituents is 2. The molecule has 4 heteroatoms. The lowest BCUT2D eigenvalue weighted by molar-refractivity contribution is -0.129. The zero-order valence-corrected chi connectivity index (χ0v) is 10.3. The molecule has 0 radical (unpaired) electrons. The van der Waals surface area contributed by atoms with E-state index in [1.165, 1.54) is 12.1 Å². The Balaban J connectivity index is 2.58. The molecule has 0 saturated carbocycles. The predicted octanol–water partition coefficient (Wildman–Crippen LogP) is 1.90. The van der Waals surface area contributed by atoms with Crippen LogP contribution >= 0.6 is 0 Å². The van der Waals surface area contributed by atoms with Crippen LogP contribution < -0.4 is 0 Å². The van der Waals surface area contributed by atoms with E-state index in [-0.39, 0.29) is 23.8 Å². The van der Waals surface area contributed by atoms with E-state index in [0.717, 1.165) is 19.4 Å². The average molecular weight is 237 g/mol. The first kappa shape index (κ1) is 13.4. The molecule has 1 aromatic rings. The van der Waals surface area contributed by atoms with Crippen molar-refractivity contribution in [3.05, 3.63) is 23.8 Å². The molecule has 17 heavy (non-hydrogen) atoms. The molecule has 0 saturated heterocycles. The van der Waals surface area contributed by atoms with E-state index in [0.29, 0.717) is 5.56 Å². The third kappa shape index (κ3) is 3.98. The molecule has 94 valence electrons. The van der Waals surface area contributed by atoms with Crippen molar-refractivity contribution in [3.8, 4) is 11.5 Å². The van der Waals surface area contributed by atoms with Gasteiger partial charge in [-0.25, -0.2) is 0 Å². The third-order valence-corrected chi connectivity index (χ3v) is 2.67. The summed E-state index contributed by atoms with van der Waals surface area (Å²) in [5.74, 6) is -0.337. The first-order chi connectivity index (χ1) is 8.04. The molecule has 2 N–H and O–H groups in total. The number of phenols is 2. The zero-order valence-electron chi connectivity index (χ0n) is 10.3. The van der Waals surface area contributed by atoms with Gasteiger partial charge in [-0.3, -0.25) is 4.79 Å². The molecule has 0 fully saturated rings. The van der Waals surface area contributed by atoms with E-state index in [1.54, 1.807) is 18.0 Å². The highest BCUT2D eigenvalue weighted by Crippen LogP contribution is 2.25. The Morgan fingerprint density at radius 2 is 2.00 bits per heavy atom. The highest BCUT2D eigenvalue weighted by Gasteiger charge is 2.10. The van der Waals surface area contributed by atoms with Crippen LogP contribution in [0.3, 0.4) is 0 Å². The lowest BCUT2D eigenvalue weighted by Gasteiger charge is -2.16. The van der Waals surface area contributed by atoms with Crippen molar-refractivity contribution in [2.75, 3.05) is 13.6 Å². The van der Waals surface area contributed by atoms with Gasteiger partial charge in [-0.05, 0) is 24.1 Å². The van der Waals surface area contributed by atoms with Crippen LogP contribution in [0.2, 0.25) is 0 Å². The largest absolute Gasteiger partial charge is 0.504 e. The molecular formula is C13H19NO3. The van der Waals surface area contributed by atoms with Gasteiger partial charge in [0.05, 0.1) is 6.42 Å². The number of unbranched alkanes of at least 4 members (excludes halogenated alkanes) is 1. The van der Waals surface area contributed by atoms with Gasteiger partial charge < -0.3 is 15.1 Å². The Morgan fingerprint density at radius 1 is 1.29 bits per heavy atom. The van der Waals surface area contributed by atoms with E-state index in [4.69, 9.17) is 5.11 Å². The van der Waals surface area contributed by atoms with Crippen LogP contribution in [0.1, 0.15) is 25.3 Å². The molecule has 0 bridgehead atoms. The summed E-state index contributed by atoms with van der Waals surface area (Å²) in [6.45, 7) is 2.83. The molecule has 0 aliphatic rings. The Morgan fingerprint density at radius 3 is 2.59 bits per heavy atom. The fraction of sp³-hybridized carbons (Fsp3) is 0.462. The third-order valence-electron chi connectivity index (χ3n) is 2.67. The molecule has 0 aromatic heterocycles. The number of hydrogen-bond donors (Lipinski definition) is 2. The number of aromatic hydroxyl groups is 2. The number of carbonyl (C=O) groups is 1. The molecule has 0 aliphatic heterocycles. The van der Waals surface area contributed by atoms with Crippen molar-refractivity contribution in [2.45, 2.75) is 26.2 Å². The predicted molar refractivity (Wildman–Crippen MR) is 66.0 cm³/mol. The molecule has 0 spiro atoms. The number of hydrogen-bond acceptors (Lipinski definition) is 3.